The molecule has 0 aliphatic rings. The highest BCUT2D eigenvalue weighted by atomic mass is 32.2. The number of rotatable bonds is 7. The van der Waals surface area contributed by atoms with Gasteiger partial charge in [0.15, 0.2) is 0 Å². The highest BCUT2D eigenvalue weighted by molar-refractivity contribution is 7.89. The monoisotopic (exact) mass is 342 g/mol. The maximum Gasteiger partial charge on any atom is 0.393 e. The minimum atomic E-state index is -4.76. The number of benzene rings is 1. The topological polar surface area (TPSA) is 86.3 Å². The van der Waals surface area contributed by atoms with Crippen LogP contribution in [0.4, 0.5) is 17.6 Å². The van der Waals surface area contributed by atoms with Crippen LogP contribution in [0, 0.1) is 11.7 Å². The fourth-order valence-electron chi connectivity index (χ4n) is 1.58. The van der Waals surface area contributed by atoms with Crippen LogP contribution in [0.2, 0.25) is 0 Å². The van der Waals surface area contributed by atoms with Gasteiger partial charge < -0.3 is 9.90 Å². The van der Waals surface area contributed by atoms with Crippen LogP contribution < -0.4 is 9.83 Å². The van der Waals surface area contributed by atoms with Crippen molar-refractivity contribution >= 4 is 16.0 Å². The molecule has 0 aliphatic carbocycles. The van der Waals surface area contributed by atoms with Gasteiger partial charge in [0.25, 0.3) is 0 Å². The molecule has 0 aliphatic heterocycles. The average molecular weight is 342 g/mol. The van der Waals surface area contributed by atoms with E-state index >= 15 is 0 Å². The summed E-state index contributed by atoms with van der Waals surface area (Å²) in [6, 6.07) is 3.51. The molecule has 0 spiro atoms. The van der Waals surface area contributed by atoms with Gasteiger partial charge >= 0.3 is 6.18 Å². The molecule has 5 nitrogen and oxygen atoms in total. The van der Waals surface area contributed by atoms with E-state index in [1.54, 1.807) is 4.72 Å². The van der Waals surface area contributed by atoms with Crippen molar-refractivity contribution in [1.29, 1.82) is 0 Å². The summed E-state index contributed by atoms with van der Waals surface area (Å²) in [7, 11) is -4.25. The summed E-state index contributed by atoms with van der Waals surface area (Å²) < 4.78 is 76.1. The maximum absolute atomic E-state index is 12.7. The van der Waals surface area contributed by atoms with Gasteiger partial charge in [-0.3, -0.25) is 0 Å². The number of carbonyl (C=O) groups excluding carboxylic acids is 1. The molecule has 0 saturated heterocycles. The summed E-state index contributed by atoms with van der Waals surface area (Å²) >= 11 is 0. The molecule has 0 radical (unpaired) electrons. The first-order valence-corrected chi connectivity index (χ1v) is 7.52. The normalized spacial score (nSPS) is 13.8. The third kappa shape index (κ3) is 5.60. The van der Waals surface area contributed by atoms with E-state index in [1.165, 1.54) is 0 Å². The standard InChI is InChI=1S/C12H13F4NO4S/c13-9-2-4-10(5-3-9)22(20,21)17-7-8(12(14,15)16)1-6-11(18)19/h2-5,8,17H,1,6-7H2,(H,18,19)/p-1/t8-/m1/s1. The van der Waals surface area contributed by atoms with Gasteiger partial charge in [-0.2, -0.15) is 13.2 Å². The Kier molecular flexibility index (Phi) is 5.89. The van der Waals surface area contributed by atoms with E-state index in [1.807, 2.05) is 0 Å². The van der Waals surface area contributed by atoms with Crippen molar-refractivity contribution in [3.05, 3.63) is 30.1 Å². The lowest BCUT2D eigenvalue weighted by Crippen LogP contribution is -2.37. The molecule has 1 rings (SSSR count). The first-order chi connectivity index (χ1) is 10.0. The molecule has 0 unspecified atom stereocenters. The van der Waals surface area contributed by atoms with Crippen LogP contribution >= 0.6 is 0 Å². The molecular weight excluding hydrogens is 330 g/mol. The Morgan fingerprint density at radius 3 is 2.23 bits per heavy atom. The van der Waals surface area contributed by atoms with E-state index in [-0.39, 0.29) is 0 Å². The number of nitrogens with one attached hydrogen (secondary N) is 1. The van der Waals surface area contributed by atoms with Gasteiger partial charge in [-0.05, 0) is 37.1 Å². The molecule has 1 atom stereocenters. The van der Waals surface area contributed by atoms with Crippen molar-refractivity contribution in [3.8, 4) is 0 Å². The van der Waals surface area contributed by atoms with Gasteiger partial charge in [-0.1, -0.05) is 0 Å². The van der Waals surface area contributed by atoms with Crippen molar-refractivity contribution in [1.82, 2.24) is 4.72 Å². The second kappa shape index (κ2) is 7.05. The molecule has 1 aromatic carbocycles. The van der Waals surface area contributed by atoms with E-state index in [0.29, 0.717) is 0 Å². The summed E-state index contributed by atoms with van der Waals surface area (Å²) in [5.74, 6) is -4.52. The zero-order chi connectivity index (χ0) is 17.0. The number of alkyl halides is 3. The van der Waals surface area contributed by atoms with Crippen molar-refractivity contribution in [2.45, 2.75) is 23.9 Å². The molecule has 0 bridgehead atoms. The lowest BCUT2D eigenvalue weighted by Gasteiger charge is -2.20. The fraction of sp³-hybridized carbons (Fsp3) is 0.417. The SMILES string of the molecule is O=C([O-])CC[C@H](CNS(=O)(=O)c1ccc(F)cc1)C(F)(F)F. The smallest absolute Gasteiger partial charge is 0.393 e. The van der Waals surface area contributed by atoms with Crippen LogP contribution in [0.25, 0.3) is 0 Å². The molecule has 1 aromatic rings. The first-order valence-electron chi connectivity index (χ1n) is 6.04. The number of carboxylic acids is 1. The fourth-order valence-corrected chi connectivity index (χ4v) is 2.66. The van der Waals surface area contributed by atoms with E-state index in [0.717, 1.165) is 24.3 Å². The van der Waals surface area contributed by atoms with Gasteiger partial charge in [-0.15, -0.1) is 0 Å². The second-order valence-corrected chi connectivity index (χ2v) is 6.22. The zero-order valence-corrected chi connectivity index (χ0v) is 11.9. The Morgan fingerprint density at radius 1 is 1.23 bits per heavy atom. The molecule has 22 heavy (non-hydrogen) atoms. The van der Waals surface area contributed by atoms with Gasteiger partial charge in [0.2, 0.25) is 10.0 Å². The molecule has 124 valence electrons. The Hall–Kier alpha value is -1.68. The number of hydrogen-bond acceptors (Lipinski definition) is 4. The number of carbonyl (C=O) groups is 1. The predicted molar refractivity (Wildman–Crippen MR) is 65.4 cm³/mol. The third-order valence-electron chi connectivity index (χ3n) is 2.80. The minimum Gasteiger partial charge on any atom is -0.550 e. The highest BCUT2D eigenvalue weighted by Crippen LogP contribution is 2.29. The third-order valence-corrected chi connectivity index (χ3v) is 4.24. The number of sulfonamides is 1. The van der Waals surface area contributed by atoms with E-state index < -0.39 is 58.2 Å². The van der Waals surface area contributed by atoms with Crippen molar-refractivity contribution in [2.75, 3.05) is 6.54 Å². The number of halogens is 4. The minimum absolute atomic E-state index is 0.394. The lowest BCUT2D eigenvalue weighted by molar-refractivity contribution is -0.306. The molecule has 0 aromatic heterocycles. The number of hydrogen-bond donors (Lipinski definition) is 1. The molecule has 0 fully saturated rings. The molecule has 10 heteroatoms. The Balaban J connectivity index is 2.78. The Bertz CT molecular complexity index is 613. The predicted octanol–water partition coefficient (Wildman–Crippen LogP) is 0.813. The largest absolute Gasteiger partial charge is 0.550 e. The molecule has 0 saturated carbocycles. The molecule has 0 amide bonds. The zero-order valence-electron chi connectivity index (χ0n) is 11.1. The van der Waals surface area contributed by atoms with Crippen LogP contribution in [0.3, 0.4) is 0 Å². The van der Waals surface area contributed by atoms with Gasteiger partial charge in [0.1, 0.15) is 5.82 Å². The van der Waals surface area contributed by atoms with Crippen LogP contribution in [0.5, 0.6) is 0 Å². The van der Waals surface area contributed by atoms with Crippen LogP contribution in [-0.2, 0) is 14.8 Å². The van der Waals surface area contributed by atoms with Gasteiger partial charge in [0.05, 0.1) is 10.8 Å². The molecule has 0 heterocycles. The van der Waals surface area contributed by atoms with Crippen LogP contribution in [-0.4, -0.2) is 27.1 Å². The maximum atomic E-state index is 12.7. The van der Waals surface area contributed by atoms with Crippen molar-refractivity contribution in [3.63, 3.8) is 0 Å². The van der Waals surface area contributed by atoms with Crippen LogP contribution in [0.1, 0.15) is 12.8 Å². The highest BCUT2D eigenvalue weighted by Gasteiger charge is 2.39. The average Bonchev–Trinajstić information content (AvgIpc) is 2.37. The quantitative estimate of drug-likeness (QED) is 0.743. The van der Waals surface area contributed by atoms with E-state index in [4.69, 9.17) is 0 Å². The lowest BCUT2D eigenvalue weighted by atomic mass is 10.0. The Labute approximate surface area is 124 Å². The van der Waals surface area contributed by atoms with Gasteiger partial charge in [-0.25, -0.2) is 17.5 Å². The van der Waals surface area contributed by atoms with Crippen molar-refractivity contribution < 1.29 is 35.9 Å². The summed E-state index contributed by atoms with van der Waals surface area (Å²) in [6.07, 6.45) is -6.42. The number of aliphatic carboxylic acids is 1. The van der Waals surface area contributed by atoms with Gasteiger partial charge in [0, 0.05) is 12.5 Å². The number of carboxylic acid groups (broad SMARTS) is 1. The van der Waals surface area contributed by atoms with E-state index in [2.05, 4.69) is 0 Å². The summed E-state index contributed by atoms with van der Waals surface area (Å²) in [4.78, 5) is 9.84. The first kappa shape index (κ1) is 18.4. The Morgan fingerprint density at radius 2 is 1.77 bits per heavy atom. The summed E-state index contributed by atoms with van der Waals surface area (Å²) in [5.41, 5.74) is 0. The van der Waals surface area contributed by atoms with Crippen molar-refractivity contribution in [2.24, 2.45) is 5.92 Å². The van der Waals surface area contributed by atoms with Crippen LogP contribution in [0.15, 0.2) is 29.2 Å². The molecular formula is C12H12F4NO4S-. The summed E-state index contributed by atoms with van der Waals surface area (Å²) in [5, 5.41) is 10.2. The molecule has 1 N–H and O–H groups in total. The summed E-state index contributed by atoms with van der Waals surface area (Å²) in [6.45, 7) is -1.02. The van der Waals surface area contributed by atoms with E-state index in [9.17, 15) is 35.9 Å². The second-order valence-electron chi connectivity index (χ2n) is 4.46.